The Morgan fingerprint density at radius 2 is 2.30 bits per heavy atom. The van der Waals surface area contributed by atoms with Crippen LogP contribution in [0.15, 0.2) is 0 Å². The number of halogens is 1. The third-order valence-corrected chi connectivity index (χ3v) is 2.29. The Bertz CT molecular complexity index is 58.3. The summed E-state index contributed by atoms with van der Waals surface area (Å²) >= 11 is 3.59. The first-order valence-electron chi connectivity index (χ1n) is 3.97. The molecule has 0 aromatic carbocycles. The minimum atomic E-state index is 0.649. The van der Waals surface area contributed by atoms with E-state index in [1.165, 1.54) is 19.3 Å². The molecule has 0 aromatic heterocycles. The van der Waals surface area contributed by atoms with Gasteiger partial charge < -0.3 is 5.73 Å². The highest BCUT2D eigenvalue weighted by molar-refractivity contribution is 9.09. The van der Waals surface area contributed by atoms with Crippen LogP contribution in [0.2, 0.25) is 0 Å². The molecule has 0 aliphatic carbocycles. The van der Waals surface area contributed by atoms with Gasteiger partial charge in [0.15, 0.2) is 0 Å². The maximum absolute atomic E-state index is 5.33. The summed E-state index contributed by atoms with van der Waals surface area (Å²) in [5.41, 5.74) is 5.33. The molecule has 1 radical (unpaired) electrons. The largest absolute Gasteiger partial charge is 0.330 e. The van der Waals surface area contributed by atoms with E-state index in [0.29, 0.717) is 11.4 Å². The Hall–Kier alpha value is 0.440. The standard InChI is InChI=1S/C8H17BrN/c1-2-3-5-8(9)6-4-7-10/h4,8H,2-3,5-7,10H2,1H3. The Balaban J connectivity index is 3.00. The summed E-state index contributed by atoms with van der Waals surface area (Å²) in [6, 6.07) is 0. The number of nitrogens with two attached hydrogens (primary N) is 1. The van der Waals surface area contributed by atoms with E-state index in [2.05, 4.69) is 29.3 Å². The van der Waals surface area contributed by atoms with Crippen LogP contribution in [-0.2, 0) is 0 Å². The predicted octanol–water partition coefficient (Wildman–Crippen LogP) is 2.49. The molecule has 0 saturated carbocycles. The fourth-order valence-corrected chi connectivity index (χ4v) is 1.41. The number of hydrogen-bond donors (Lipinski definition) is 1. The molecule has 61 valence electrons. The van der Waals surface area contributed by atoms with Crippen LogP contribution in [0.25, 0.3) is 0 Å². The highest BCUT2D eigenvalue weighted by Crippen LogP contribution is 2.14. The number of alkyl halides is 1. The number of hydrogen-bond acceptors (Lipinski definition) is 1. The highest BCUT2D eigenvalue weighted by Gasteiger charge is 2.01. The summed E-state index contributed by atoms with van der Waals surface area (Å²) in [5, 5.41) is 0. The van der Waals surface area contributed by atoms with Gasteiger partial charge in [0.25, 0.3) is 0 Å². The van der Waals surface area contributed by atoms with Crippen molar-refractivity contribution in [1.82, 2.24) is 0 Å². The fourth-order valence-electron chi connectivity index (χ4n) is 0.821. The molecule has 1 atom stereocenters. The molecule has 0 aromatic rings. The lowest BCUT2D eigenvalue weighted by Gasteiger charge is -2.06. The Labute approximate surface area is 72.5 Å². The molecule has 0 bridgehead atoms. The molecule has 0 aliphatic rings. The van der Waals surface area contributed by atoms with Gasteiger partial charge in [-0.15, -0.1) is 0 Å². The second kappa shape index (κ2) is 7.55. The SMILES string of the molecule is CCCCC(Br)C[CH]CN. The molecular weight excluding hydrogens is 190 g/mol. The summed E-state index contributed by atoms with van der Waals surface area (Å²) in [6.45, 7) is 2.92. The second-order valence-electron chi connectivity index (χ2n) is 2.50. The molecule has 0 amide bonds. The maximum atomic E-state index is 5.33. The second-order valence-corrected chi connectivity index (χ2v) is 3.79. The van der Waals surface area contributed by atoms with Gasteiger partial charge in [-0.1, -0.05) is 35.7 Å². The first-order chi connectivity index (χ1) is 4.81. The van der Waals surface area contributed by atoms with Gasteiger partial charge in [0.2, 0.25) is 0 Å². The van der Waals surface area contributed by atoms with Crippen molar-refractivity contribution in [3.05, 3.63) is 6.42 Å². The zero-order valence-electron chi connectivity index (χ0n) is 6.65. The summed E-state index contributed by atoms with van der Waals surface area (Å²) in [6.07, 6.45) is 7.09. The van der Waals surface area contributed by atoms with E-state index < -0.39 is 0 Å². The normalized spacial score (nSPS) is 13.5. The fraction of sp³-hybridized carbons (Fsp3) is 0.875. The molecular formula is C8H17BrN. The minimum Gasteiger partial charge on any atom is -0.330 e. The van der Waals surface area contributed by atoms with E-state index in [9.17, 15) is 0 Å². The van der Waals surface area contributed by atoms with Gasteiger partial charge in [-0.05, 0) is 25.8 Å². The quantitative estimate of drug-likeness (QED) is 0.665. The van der Waals surface area contributed by atoms with Crippen LogP contribution >= 0.6 is 15.9 Å². The van der Waals surface area contributed by atoms with Gasteiger partial charge in [0.05, 0.1) is 0 Å². The van der Waals surface area contributed by atoms with Crippen molar-refractivity contribution >= 4 is 15.9 Å². The molecule has 0 spiro atoms. The number of rotatable bonds is 6. The summed E-state index contributed by atoms with van der Waals surface area (Å²) in [5.74, 6) is 0. The van der Waals surface area contributed by atoms with E-state index in [4.69, 9.17) is 5.73 Å². The Morgan fingerprint density at radius 1 is 1.60 bits per heavy atom. The average molecular weight is 207 g/mol. The monoisotopic (exact) mass is 206 g/mol. The average Bonchev–Trinajstić information content (AvgIpc) is 1.97. The first kappa shape index (κ1) is 10.4. The highest BCUT2D eigenvalue weighted by atomic mass is 79.9. The minimum absolute atomic E-state index is 0.649. The van der Waals surface area contributed by atoms with Crippen LogP contribution in [0.5, 0.6) is 0 Å². The molecule has 0 aliphatic heterocycles. The summed E-state index contributed by atoms with van der Waals surface area (Å²) < 4.78 is 0. The zero-order chi connectivity index (χ0) is 7.82. The molecule has 1 nitrogen and oxygen atoms in total. The van der Waals surface area contributed by atoms with E-state index in [1.54, 1.807) is 0 Å². The van der Waals surface area contributed by atoms with Crippen LogP contribution < -0.4 is 5.73 Å². The van der Waals surface area contributed by atoms with Gasteiger partial charge >= 0.3 is 0 Å². The van der Waals surface area contributed by atoms with Crippen LogP contribution in [0.4, 0.5) is 0 Å². The van der Waals surface area contributed by atoms with Crippen molar-refractivity contribution in [2.75, 3.05) is 6.54 Å². The van der Waals surface area contributed by atoms with Gasteiger partial charge in [0, 0.05) is 4.83 Å². The van der Waals surface area contributed by atoms with Crippen molar-refractivity contribution in [2.24, 2.45) is 5.73 Å². The lowest BCUT2D eigenvalue weighted by Crippen LogP contribution is -2.05. The Morgan fingerprint density at radius 3 is 2.80 bits per heavy atom. The molecule has 2 N–H and O–H groups in total. The van der Waals surface area contributed by atoms with Crippen molar-refractivity contribution in [3.8, 4) is 0 Å². The van der Waals surface area contributed by atoms with E-state index in [0.717, 1.165) is 6.42 Å². The van der Waals surface area contributed by atoms with Crippen LogP contribution in [-0.4, -0.2) is 11.4 Å². The lowest BCUT2D eigenvalue weighted by atomic mass is 10.1. The van der Waals surface area contributed by atoms with Gasteiger partial charge in [-0.3, -0.25) is 0 Å². The van der Waals surface area contributed by atoms with E-state index >= 15 is 0 Å². The maximum Gasteiger partial charge on any atom is 0.0149 e. The lowest BCUT2D eigenvalue weighted by molar-refractivity contribution is 0.679. The van der Waals surface area contributed by atoms with E-state index in [1.807, 2.05) is 0 Å². The third-order valence-electron chi connectivity index (χ3n) is 1.46. The van der Waals surface area contributed by atoms with Crippen LogP contribution in [0.3, 0.4) is 0 Å². The summed E-state index contributed by atoms with van der Waals surface area (Å²) in [4.78, 5) is 0.649. The smallest absolute Gasteiger partial charge is 0.0149 e. The van der Waals surface area contributed by atoms with Crippen molar-refractivity contribution < 1.29 is 0 Å². The summed E-state index contributed by atoms with van der Waals surface area (Å²) in [7, 11) is 0. The van der Waals surface area contributed by atoms with E-state index in [-0.39, 0.29) is 0 Å². The van der Waals surface area contributed by atoms with Crippen LogP contribution in [0.1, 0.15) is 32.6 Å². The molecule has 0 heterocycles. The third kappa shape index (κ3) is 6.56. The molecule has 2 heteroatoms. The van der Waals surface area contributed by atoms with Gasteiger partial charge in [-0.2, -0.15) is 0 Å². The molecule has 0 saturated heterocycles. The van der Waals surface area contributed by atoms with Crippen molar-refractivity contribution in [2.45, 2.75) is 37.4 Å². The van der Waals surface area contributed by atoms with Gasteiger partial charge in [0.1, 0.15) is 0 Å². The van der Waals surface area contributed by atoms with Crippen molar-refractivity contribution in [1.29, 1.82) is 0 Å². The topological polar surface area (TPSA) is 26.0 Å². The van der Waals surface area contributed by atoms with Crippen LogP contribution in [0, 0.1) is 6.42 Å². The molecule has 1 unspecified atom stereocenters. The van der Waals surface area contributed by atoms with Gasteiger partial charge in [-0.25, -0.2) is 0 Å². The molecule has 10 heavy (non-hydrogen) atoms. The first-order valence-corrected chi connectivity index (χ1v) is 4.88. The zero-order valence-corrected chi connectivity index (χ0v) is 8.23. The predicted molar refractivity (Wildman–Crippen MR) is 50.2 cm³/mol. The molecule has 0 rings (SSSR count). The molecule has 0 fully saturated rings. The Kier molecular flexibility index (Phi) is 7.88. The number of unbranched alkanes of at least 4 members (excludes halogenated alkanes) is 1. The van der Waals surface area contributed by atoms with Crippen molar-refractivity contribution in [3.63, 3.8) is 0 Å².